The normalized spacial score (nSPS) is 10.8. The van der Waals surface area contributed by atoms with Gasteiger partial charge in [-0.3, -0.25) is 0 Å². The van der Waals surface area contributed by atoms with Crippen molar-refractivity contribution in [2.75, 3.05) is 0 Å². The van der Waals surface area contributed by atoms with Crippen molar-refractivity contribution < 1.29 is 4.73 Å². The monoisotopic (exact) mass is 313 g/mol. The van der Waals surface area contributed by atoms with Gasteiger partial charge in [0.25, 0.3) is 0 Å². The second-order valence-corrected chi connectivity index (χ2v) is 5.48. The number of hydrogen-bond donors (Lipinski definition) is 0. The number of aryl methyl sites for hydroxylation is 1. The topological polar surface area (TPSA) is 26.9 Å². The van der Waals surface area contributed by atoms with Crippen molar-refractivity contribution in [3.8, 4) is 11.3 Å². The number of rotatable bonds is 1. The highest BCUT2D eigenvalue weighted by Crippen LogP contribution is 2.24. The van der Waals surface area contributed by atoms with Crippen LogP contribution >= 0.6 is 15.9 Å². The molecular formula is C16H12BrNO. The fourth-order valence-electron chi connectivity index (χ4n) is 2.24. The average molecular weight is 314 g/mol. The standard InChI is InChI=1S/C16H12BrNO/c1-11-3-2-4-13-10-18(19)16(9-15(11)13)12-5-7-14(17)8-6-12/h2-10H,1H3. The van der Waals surface area contributed by atoms with Crippen LogP contribution < -0.4 is 4.73 Å². The van der Waals surface area contributed by atoms with Crippen molar-refractivity contribution in [2.24, 2.45) is 0 Å². The predicted octanol–water partition coefficient (Wildman–Crippen LogP) is 4.21. The third kappa shape index (κ3) is 2.22. The molecule has 0 N–H and O–H groups in total. The number of nitrogens with zero attached hydrogens (tertiary/aromatic N) is 1. The van der Waals surface area contributed by atoms with Gasteiger partial charge >= 0.3 is 0 Å². The molecule has 2 nitrogen and oxygen atoms in total. The molecule has 0 saturated heterocycles. The molecule has 0 bridgehead atoms. The van der Waals surface area contributed by atoms with Gasteiger partial charge in [0.1, 0.15) is 0 Å². The summed E-state index contributed by atoms with van der Waals surface area (Å²) >= 11 is 3.40. The number of halogens is 1. The molecule has 0 radical (unpaired) electrons. The molecule has 0 unspecified atom stereocenters. The van der Waals surface area contributed by atoms with Crippen LogP contribution in [0.2, 0.25) is 0 Å². The summed E-state index contributed by atoms with van der Waals surface area (Å²) in [6.07, 6.45) is 1.64. The molecule has 94 valence electrons. The van der Waals surface area contributed by atoms with E-state index in [0.29, 0.717) is 5.69 Å². The number of aromatic nitrogens is 1. The van der Waals surface area contributed by atoms with E-state index in [1.807, 2.05) is 42.5 Å². The molecule has 3 aromatic rings. The molecular weight excluding hydrogens is 302 g/mol. The van der Waals surface area contributed by atoms with Crippen LogP contribution in [0.4, 0.5) is 0 Å². The van der Waals surface area contributed by atoms with Crippen LogP contribution in [-0.2, 0) is 0 Å². The molecule has 0 fully saturated rings. The fourth-order valence-corrected chi connectivity index (χ4v) is 2.50. The molecule has 19 heavy (non-hydrogen) atoms. The maximum Gasteiger partial charge on any atom is 0.224 e. The Bertz CT molecular complexity index is 751. The summed E-state index contributed by atoms with van der Waals surface area (Å²) in [4.78, 5) is 0. The van der Waals surface area contributed by atoms with Crippen molar-refractivity contribution in [3.63, 3.8) is 0 Å². The van der Waals surface area contributed by atoms with Crippen molar-refractivity contribution in [1.29, 1.82) is 0 Å². The first kappa shape index (κ1) is 12.2. The summed E-state index contributed by atoms with van der Waals surface area (Å²) in [5.74, 6) is 0. The van der Waals surface area contributed by atoms with E-state index in [4.69, 9.17) is 0 Å². The van der Waals surface area contributed by atoms with Crippen LogP contribution in [0.25, 0.3) is 22.0 Å². The zero-order valence-electron chi connectivity index (χ0n) is 10.4. The molecule has 3 heteroatoms. The number of pyridine rings is 1. The summed E-state index contributed by atoms with van der Waals surface area (Å²) < 4.78 is 1.94. The Morgan fingerprint density at radius 3 is 2.53 bits per heavy atom. The fraction of sp³-hybridized carbons (Fsp3) is 0.0625. The second kappa shape index (κ2) is 4.67. The molecule has 0 aliphatic carbocycles. The van der Waals surface area contributed by atoms with Crippen molar-refractivity contribution in [1.82, 2.24) is 0 Å². The van der Waals surface area contributed by atoms with Crippen LogP contribution in [0.15, 0.2) is 59.2 Å². The summed E-state index contributed by atoms with van der Waals surface area (Å²) in [5, 5.41) is 14.2. The van der Waals surface area contributed by atoms with E-state index in [1.165, 1.54) is 5.56 Å². The summed E-state index contributed by atoms with van der Waals surface area (Å²) in [7, 11) is 0. The Balaban J connectivity index is 2.26. The van der Waals surface area contributed by atoms with Gasteiger partial charge in [-0.2, -0.15) is 4.73 Å². The SMILES string of the molecule is Cc1cccc2c[n+]([O-])c(-c3ccc(Br)cc3)cc12. The smallest absolute Gasteiger partial charge is 0.224 e. The van der Waals surface area contributed by atoms with Gasteiger partial charge in [0, 0.05) is 21.5 Å². The number of benzene rings is 2. The van der Waals surface area contributed by atoms with Crippen molar-refractivity contribution in [2.45, 2.75) is 6.92 Å². The van der Waals surface area contributed by atoms with Gasteiger partial charge in [0.2, 0.25) is 5.69 Å². The van der Waals surface area contributed by atoms with Gasteiger partial charge in [0.05, 0.1) is 0 Å². The van der Waals surface area contributed by atoms with Gasteiger partial charge in [-0.25, -0.2) is 0 Å². The van der Waals surface area contributed by atoms with Gasteiger partial charge in [-0.05, 0) is 48.2 Å². The Morgan fingerprint density at radius 1 is 1.05 bits per heavy atom. The van der Waals surface area contributed by atoms with Crippen molar-refractivity contribution >= 4 is 26.7 Å². The highest BCUT2D eigenvalue weighted by atomic mass is 79.9. The van der Waals surface area contributed by atoms with E-state index >= 15 is 0 Å². The van der Waals surface area contributed by atoms with E-state index in [9.17, 15) is 5.21 Å². The van der Waals surface area contributed by atoms with Crippen LogP contribution in [0.3, 0.4) is 0 Å². The minimum atomic E-state index is 0.675. The van der Waals surface area contributed by atoms with Crippen LogP contribution in [0.1, 0.15) is 5.56 Å². The van der Waals surface area contributed by atoms with E-state index in [-0.39, 0.29) is 0 Å². The van der Waals surface area contributed by atoms with E-state index < -0.39 is 0 Å². The van der Waals surface area contributed by atoms with Crippen LogP contribution in [0.5, 0.6) is 0 Å². The van der Waals surface area contributed by atoms with Crippen LogP contribution in [-0.4, -0.2) is 0 Å². The summed E-state index contributed by atoms with van der Waals surface area (Å²) in [5.41, 5.74) is 2.77. The van der Waals surface area contributed by atoms with Gasteiger partial charge in [0.15, 0.2) is 6.20 Å². The highest BCUT2D eigenvalue weighted by molar-refractivity contribution is 9.10. The molecule has 1 heterocycles. The molecule has 0 spiro atoms. The first-order chi connectivity index (χ1) is 9.15. The van der Waals surface area contributed by atoms with Gasteiger partial charge in [-0.1, -0.05) is 28.1 Å². The summed E-state index contributed by atoms with van der Waals surface area (Å²) in [6, 6.07) is 15.7. The largest absolute Gasteiger partial charge is 0.618 e. The Labute approximate surface area is 120 Å². The Morgan fingerprint density at radius 2 is 1.79 bits per heavy atom. The molecule has 3 rings (SSSR count). The van der Waals surface area contributed by atoms with E-state index in [1.54, 1.807) is 6.20 Å². The lowest BCUT2D eigenvalue weighted by molar-refractivity contribution is -0.592. The predicted molar refractivity (Wildman–Crippen MR) is 80.8 cm³/mol. The van der Waals surface area contributed by atoms with Gasteiger partial charge in [-0.15, -0.1) is 0 Å². The van der Waals surface area contributed by atoms with E-state index in [0.717, 1.165) is 25.5 Å². The third-order valence-corrected chi connectivity index (χ3v) is 3.80. The highest BCUT2D eigenvalue weighted by Gasteiger charge is 2.11. The maximum atomic E-state index is 12.1. The lowest BCUT2D eigenvalue weighted by Crippen LogP contribution is -2.28. The van der Waals surface area contributed by atoms with Crippen molar-refractivity contribution in [3.05, 3.63) is 70.0 Å². The minimum absolute atomic E-state index is 0.675. The molecule has 1 aromatic heterocycles. The third-order valence-electron chi connectivity index (χ3n) is 3.27. The molecule has 0 saturated carbocycles. The Kier molecular flexibility index (Phi) is 2.99. The zero-order valence-corrected chi connectivity index (χ0v) is 12.0. The first-order valence-corrected chi connectivity index (χ1v) is 6.83. The number of hydrogen-bond acceptors (Lipinski definition) is 1. The average Bonchev–Trinajstić information content (AvgIpc) is 2.40. The lowest BCUT2D eigenvalue weighted by Gasteiger charge is -2.08. The van der Waals surface area contributed by atoms with Gasteiger partial charge < -0.3 is 5.21 Å². The summed E-state index contributed by atoms with van der Waals surface area (Å²) in [6.45, 7) is 2.06. The molecule has 0 atom stereocenters. The first-order valence-electron chi connectivity index (χ1n) is 6.03. The number of fused-ring (bicyclic) bond motifs is 1. The molecule has 2 aromatic carbocycles. The molecule has 0 amide bonds. The molecule has 0 aliphatic heterocycles. The Hall–Kier alpha value is -1.87. The van der Waals surface area contributed by atoms with Crippen LogP contribution in [0, 0.1) is 12.1 Å². The maximum absolute atomic E-state index is 12.1. The lowest BCUT2D eigenvalue weighted by atomic mass is 10.0. The zero-order chi connectivity index (χ0) is 13.4. The van der Waals surface area contributed by atoms with E-state index in [2.05, 4.69) is 28.9 Å². The minimum Gasteiger partial charge on any atom is -0.618 e. The molecule has 0 aliphatic rings. The second-order valence-electron chi connectivity index (χ2n) is 4.57. The quantitative estimate of drug-likeness (QED) is 0.488.